The second-order valence-electron chi connectivity index (χ2n) is 4.53. The minimum Gasteiger partial charge on any atom is -0.454 e. The van der Waals surface area contributed by atoms with Gasteiger partial charge in [0.05, 0.1) is 0 Å². The molecule has 0 bridgehead atoms. The van der Waals surface area contributed by atoms with Gasteiger partial charge in [0.2, 0.25) is 0 Å². The molecule has 1 N–H and O–H groups in total. The van der Waals surface area contributed by atoms with Crippen LogP contribution in [0.5, 0.6) is 11.5 Å². The zero-order chi connectivity index (χ0) is 14.5. The normalized spacial score (nSPS) is 12.2. The lowest BCUT2D eigenvalue weighted by molar-refractivity contribution is 0.440. The summed E-state index contributed by atoms with van der Waals surface area (Å²) >= 11 is 3.23. The molecule has 1 unspecified atom stereocenters. The molecule has 0 amide bonds. The fourth-order valence-electron chi connectivity index (χ4n) is 1.96. The average Bonchev–Trinajstić information content (AvgIpc) is 2.43. The van der Waals surface area contributed by atoms with Gasteiger partial charge < -0.3 is 10.1 Å². The Hall–Kier alpha value is -1.39. The van der Waals surface area contributed by atoms with Crippen molar-refractivity contribution in [2.45, 2.75) is 19.9 Å². The van der Waals surface area contributed by atoms with Crippen LogP contribution < -0.4 is 10.1 Å². The maximum atomic E-state index is 13.7. The van der Waals surface area contributed by atoms with Crippen LogP contribution in [0.4, 0.5) is 4.39 Å². The van der Waals surface area contributed by atoms with E-state index in [9.17, 15) is 4.39 Å². The number of hydrogen-bond acceptors (Lipinski definition) is 2. The summed E-state index contributed by atoms with van der Waals surface area (Å²) in [6, 6.07) is 12.7. The van der Waals surface area contributed by atoms with Crippen LogP contribution >= 0.6 is 15.9 Å². The molecule has 106 valence electrons. The fourth-order valence-corrected chi connectivity index (χ4v) is 2.29. The maximum Gasteiger partial charge on any atom is 0.166 e. The van der Waals surface area contributed by atoms with E-state index in [4.69, 9.17) is 4.74 Å². The Labute approximate surface area is 127 Å². The number of ether oxygens (including phenoxy) is 1. The third-order valence-electron chi connectivity index (χ3n) is 2.99. The number of rotatable bonds is 5. The standard InChI is InChI=1S/C16H17BrFNO/c1-3-19-11(2)12-5-4-6-14(9-12)20-16-8-7-13(17)10-15(16)18/h4-11,19H,3H2,1-2H3. The molecule has 0 aromatic heterocycles. The van der Waals surface area contributed by atoms with Gasteiger partial charge in [0.1, 0.15) is 5.75 Å². The Morgan fingerprint density at radius 1 is 1.25 bits per heavy atom. The van der Waals surface area contributed by atoms with Gasteiger partial charge in [-0.1, -0.05) is 35.0 Å². The molecule has 4 heteroatoms. The first-order chi connectivity index (χ1) is 9.60. The van der Waals surface area contributed by atoms with Gasteiger partial charge in [-0.05, 0) is 49.4 Å². The Morgan fingerprint density at radius 2 is 2.05 bits per heavy atom. The first-order valence-corrected chi connectivity index (χ1v) is 7.35. The summed E-state index contributed by atoms with van der Waals surface area (Å²) in [5.41, 5.74) is 1.11. The molecule has 0 aliphatic rings. The zero-order valence-electron chi connectivity index (χ0n) is 11.5. The third kappa shape index (κ3) is 3.81. The van der Waals surface area contributed by atoms with E-state index in [-0.39, 0.29) is 17.6 Å². The quantitative estimate of drug-likeness (QED) is 0.824. The molecule has 2 aromatic rings. The average molecular weight is 338 g/mol. The molecule has 2 nitrogen and oxygen atoms in total. The van der Waals surface area contributed by atoms with Gasteiger partial charge in [0.25, 0.3) is 0 Å². The van der Waals surface area contributed by atoms with Crippen molar-refractivity contribution in [3.05, 3.63) is 58.3 Å². The summed E-state index contributed by atoms with van der Waals surface area (Å²) in [4.78, 5) is 0. The van der Waals surface area contributed by atoms with E-state index < -0.39 is 0 Å². The van der Waals surface area contributed by atoms with E-state index in [2.05, 4.69) is 35.1 Å². The summed E-state index contributed by atoms with van der Waals surface area (Å²) < 4.78 is 20.0. The van der Waals surface area contributed by atoms with Gasteiger partial charge in [-0.2, -0.15) is 0 Å². The molecule has 0 aliphatic heterocycles. The minimum atomic E-state index is -0.385. The highest BCUT2D eigenvalue weighted by molar-refractivity contribution is 9.10. The highest BCUT2D eigenvalue weighted by atomic mass is 79.9. The smallest absolute Gasteiger partial charge is 0.166 e. The molecule has 0 aliphatic carbocycles. The molecule has 0 saturated carbocycles. The topological polar surface area (TPSA) is 21.3 Å². The number of benzene rings is 2. The predicted octanol–water partition coefficient (Wildman–Crippen LogP) is 5.05. The van der Waals surface area contributed by atoms with Crippen molar-refractivity contribution in [2.75, 3.05) is 6.54 Å². The second kappa shape index (κ2) is 6.86. The van der Waals surface area contributed by atoms with Crippen molar-refractivity contribution < 1.29 is 9.13 Å². The molecule has 0 radical (unpaired) electrons. The molecule has 0 heterocycles. The first-order valence-electron chi connectivity index (χ1n) is 6.56. The van der Waals surface area contributed by atoms with Gasteiger partial charge in [0.15, 0.2) is 11.6 Å². The molecule has 2 aromatic carbocycles. The molecule has 0 fully saturated rings. The Balaban J connectivity index is 2.19. The number of hydrogen-bond donors (Lipinski definition) is 1. The SMILES string of the molecule is CCNC(C)c1cccc(Oc2ccc(Br)cc2F)c1. The minimum absolute atomic E-state index is 0.224. The summed E-state index contributed by atoms with van der Waals surface area (Å²) in [6.07, 6.45) is 0. The van der Waals surface area contributed by atoms with E-state index in [1.807, 2.05) is 24.3 Å². The van der Waals surface area contributed by atoms with Gasteiger partial charge in [0, 0.05) is 10.5 Å². The van der Waals surface area contributed by atoms with Crippen LogP contribution in [0.2, 0.25) is 0 Å². The largest absolute Gasteiger partial charge is 0.454 e. The number of nitrogens with one attached hydrogen (secondary N) is 1. The van der Waals surface area contributed by atoms with Gasteiger partial charge in [-0.3, -0.25) is 0 Å². The molecule has 2 rings (SSSR count). The van der Waals surface area contributed by atoms with Crippen LogP contribution in [0.3, 0.4) is 0 Å². The number of halogens is 2. The van der Waals surface area contributed by atoms with E-state index in [1.165, 1.54) is 6.07 Å². The van der Waals surface area contributed by atoms with Crippen molar-refractivity contribution >= 4 is 15.9 Å². The van der Waals surface area contributed by atoms with E-state index >= 15 is 0 Å². The van der Waals surface area contributed by atoms with E-state index in [1.54, 1.807) is 12.1 Å². The lowest BCUT2D eigenvalue weighted by atomic mass is 10.1. The van der Waals surface area contributed by atoms with Crippen LogP contribution in [-0.2, 0) is 0 Å². The Kier molecular flexibility index (Phi) is 5.15. The summed E-state index contributed by atoms with van der Waals surface area (Å²) in [5.74, 6) is 0.472. The zero-order valence-corrected chi connectivity index (χ0v) is 13.1. The highest BCUT2D eigenvalue weighted by Gasteiger charge is 2.08. The van der Waals surface area contributed by atoms with Gasteiger partial charge in [-0.15, -0.1) is 0 Å². The molecule has 0 saturated heterocycles. The predicted molar refractivity (Wildman–Crippen MR) is 82.7 cm³/mol. The Bertz CT molecular complexity index is 588. The second-order valence-corrected chi connectivity index (χ2v) is 5.44. The van der Waals surface area contributed by atoms with E-state index in [0.717, 1.165) is 12.1 Å². The first kappa shape index (κ1) is 15.0. The lowest BCUT2D eigenvalue weighted by Crippen LogP contribution is -2.17. The highest BCUT2D eigenvalue weighted by Crippen LogP contribution is 2.28. The summed E-state index contributed by atoms with van der Waals surface area (Å²) in [5, 5.41) is 3.34. The van der Waals surface area contributed by atoms with Crippen molar-refractivity contribution in [1.82, 2.24) is 5.32 Å². The molecular weight excluding hydrogens is 321 g/mol. The summed E-state index contributed by atoms with van der Waals surface area (Å²) in [6.45, 7) is 5.05. The van der Waals surface area contributed by atoms with Crippen LogP contribution in [0, 0.1) is 5.82 Å². The van der Waals surface area contributed by atoms with Crippen molar-refractivity contribution in [3.8, 4) is 11.5 Å². The Morgan fingerprint density at radius 3 is 2.75 bits per heavy atom. The maximum absolute atomic E-state index is 13.7. The third-order valence-corrected chi connectivity index (χ3v) is 3.48. The van der Waals surface area contributed by atoms with Crippen molar-refractivity contribution in [1.29, 1.82) is 0 Å². The van der Waals surface area contributed by atoms with Crippen LogP contribution in [-0.4, -0.2) is 6.54 Å². The van der Waals surface area contributed by atoms with Gasteiger partial charge in [-0.25, -0.2) is 4.39 Å². The molecular formula is C16H17BrFNO. The fraction of sp³-hybridized carbons (Fsp3) is 0.250. The van der Waals surface area contributed by atoms with E-state index in [0.29, 0.717) is 10.2 Å². The molecule has 1 atom stereocenters. The summed E-state index contributed by atoms with van der Waals surface area (Å²) in [7, 11) is 0. The van der Waals surface area contributed by atoms with Crippen LogP contribution in [0.15, 0.2) is 46.9 Å². The lowest BCUT2D eigenvalue weighted by Gasteiger charge is -2.14. The molecule has 20 heavy (non-hydrogen) atoms. The van der Waals surface area contributed by atoms with Crippen LogP contribution in [0.1, 0.15) is 25.5 Å². The van der Waals surface area contributed by atoms with Crippen molar-refractivity contribution in [3.63, 3.8) is 0 Å². The van der Waals surface area contributed by atoms with Gasteiger partial charge >= 0.3 is 0 Å². The van der Waals surface area contributed by atoms with Crippen molar-refractivity contribution in [2.24, 2.45) is 0 Å². The van der Waals surface area contributed by atoms with Crippen LogP contribution in [0.25, 0.3) is 0 Å². The monoisotopic (exact) mass is 337 g/mol. The molecule has 0 spiro atoms.